The molecule has 0 spiro atoms. The van der Waals surface area contributed by atoms with Crippen LogP contribution in [0, 0.1) is 0 Å². The summed E-state index contributed by atoms with van der Waals surface area (Å²) >= 11 is 3.42. The van der Waals surface area contributed by atoms with Gasteiger partial charge in [0, 0.05) is 9.79 Å². The van der Waals surface area contributed by atoms with Gasteiger partial charge in [0.15, 0.2) is 0 Å². The molecule has 0 saturated heterocycles. The fourth-order valence-corrected chi connectivity index (χ4v) is 4.19. The molecule has 0 aromatic heterocycles. The Bertz CT molecular complexity index is 862. The molecule has 0 aliphatic carbocycles. The molecule has 4 heteroatoms. The minimum absolute atomic E-state index is 1.17. The van der Waals surface area contributed by atoms with Gasteiger partial charge in [-0.2, -0.15) is 0 Å². The van der Waals surface area contributed by atoms with E-state index in [1.54, 1.807) is 11.9 Å². The van der Waals surface area contributed by atoms with Crippen LogP contribution in [0.5, 0.6) is 0 Å². The van der Waals surface area contributed by atoms with Crippen molar-refractivity contribution < 1.29 is 0 Å². The number of hydrogen-bond acceptors (Lipinski definition) is 4. The van der Waals surface area contributed by atoms with Crippen molar-refractivity contribution in [3.8, 4) is 0 Å². The van der Waals surface area contributed by atoms with E-state index in [4.69, 9.17) is 0 Å². The summed E-state index contributed by atoms with van der Waals surface area (Å²) in [7, 11) is 0. The van der Waals surface area contributed by atoms with Crippen molar-refractivity contribution in [2.45, 2.75) is 9.79 Å². The maximum Gasteiger partial charge on any atom is 0.0526 e. The zero-order valence-corrected chi connectivity index (χ0v) is 15.7. The van der Waals surface area contributed by atoms with Crippen LogP contribution >= 0.6 is 23.7 Å². The Morgan fingerprint density at radius 1 is 0.654 bits per heavy atom. The molecule has 0 bridgehead atoms. The highest BCUT2D eigenvalue weighted by atomic mass is 32.2. The van der Waals surface area contributed by atoms with Gasteiger partial charge in [-0.25, -0.2) is 0 Å². The van der Waals surface area contributed by atoms with Crippen molar-refractivity contribution in [2.24, 2.45) is 0 Å². The molecule has 0 saturated carbocycles. The zero-order chi connectivity index (χ0) is 17.6. The second kappa shape index (κ2) is 8.21. The Morgan fingerprint density at radius 3 is 1.88 bits per heavy atom. The van der Waals surface area contributed by atoms with Crippen LogP contribution in [-0.2, 0) is 0 Å². The minimum atomic E-state index is 1.17. The van der Waals surface area contributed by atoms with Crippen LogP contribution in [0.3, 0.4) is 0 Å². The zero-order valence-electron chi connectivity index (χ0n) is 14.1. The molecule has 26 heavy (non-hydrogen) atoms. The van der Waals surface area contributed by atoms with Crippen LogP contribution in [0.1, 0.15) is 5.56 Å². The molecule has 5 rings (SSSR count). The molecular formula is C22H18N2S2. The number of benzene rings is 3. The quantitative estimate of drug-likeness (QED) is 0.363. The van der Waals surface area contributed by atoms with E-state index in [9.17, 15) is 0 Å². The lowest BCUT2D eigenvalue weighted by molar-refractivity contribution is 1.32. The third-order valence-corrected chi connectivity index (χ3v) is 5.71. The standard InChI is InChI=1S/C12H9NS.C10H9NS/c1-3-7-11-9(5-1)13-10-6-2-4-8-12(10)14-11;1-2-5-9(6-3-1)10-7-4-8-12-11-10/h1-8,13H;1-8,11H. The van der Waals surface area contributed by atoms with E-state index in [0.717, 1.165) is 0 Å². The molecule has 2 aliphatic rings. The summed E-state index contributed by atoms with van der Waals surface area (Å²) in [6.07, 6.45) is 4.12. The largest absolute Gasteiger partial charge is 0.354 e. The molecular weight excluding hydrogens is 356 g/mol. The van der Waals surface area contributed by atoms with E-state index in [-0.39, 0.29) is 0 Å². The Morgan fingerprint density at radius 2 is 1.27 bits per heavy atom. The average molecular weight is 375 g/mol. The van der Waals surface area contributed by atoms with Gasteiger partial charge >= 0.3 is 0 Å². The number of rotatable bonds is 1. The normalized spacial score (nSPS) is 13.8. The summed E-state index contributed by atoms with van der Waals surface area (Å²) in [5, 5.41) is 5.44. The molecule has 2 aliphatic heterocycles. The van der Waals surface area contributed by atoms with E-state index >= 15 is 0 Å². The molecule has 3 aromatic rings. The van der Waals surface area contributed by atoms with Crippen molar-refractivity contribution in [1.82, 2.24) is 4.72 Å². The highest BCUT2D eigenvalue weighted by Crippen LogP contribution is 2.43. The van der Waals surface area contributed by atoms with E-state index in [2.05, 4.69) is 76.8 Å². The number of para-hydroxylation sites is 2. The van der Waals surface area contributed by atoms with Crippen LogP contribution in [0.25, 0.3) is 5.70 Å². The summed E-state index contributed by atoms with van der Waals surface area (Å²) in [5.41, 5.74) is 4.81. The maximum atomic E-state index is 3.42. The van der Waals surface area contributed by atoms with Gasteiger partial charge in [-0.15, -0.1) is 0 Å². The Labute approximate surface area is 162 Å². The number of nitrogens with one attached hydrogen (secondary N) is 2. The van der Waals surface area contributed by atoms with Gasteiger partial charge < -0.3 is 10.0 Å². The lowest BCUT2D eigenvalue weighted by Crippen LogP contribution is -2.02. The number of anilines is 2. The first-order valence-corrected chi connectivity index (χ1v) is 10.1. The van der Waals surface area contributed by atoms with Crippen molar-refractivity contribution >= 4 is 40.8 Å². The van der Waals surface area contributed by atoms with Gasteiger partial charge in [0.1, 0.15) is 0 Å². The molecule has 128 valence electrons. The summed E-state index contributed by atoms with van der Waals surface area (Å²) < 4.78 is 3.23. The Kier molecular flexibility index (Phi) is 5.33. The molecule has 2 N–H and O–H groups in total. The molecule has 2 nitrogen and oxygen atoms in total. The lowest BCUT2D eigenvalue weighted by atomic mass is 10.1. The summed E-state index contributed by atoms with van der Waals surface area (Å²) in [4.78, 5) is 2.59. The van der Waals surface area contributed by atoms with Crippen LogP contribution in [0.2, 0.25) is 0 Å². The second-order valence-electron chi connectivity index (χ2n) is 5.71. The molecule has 0 amide bonds. The third kappa shape index (κ3) is 3.98. The number of hydrogen-bond donors (Lipinski definition) is 2. The summed E-state index contributed by atoms with van der Waals surface area (Å²) in [5.74, 6) is 0. The lowest BCUT2D eigenvalue weighted by Gasteiger charge is -2.19. The van der Waals surface area contributed by atoms with Crippen LogP contribution in [0.4, 0.5) is 11.4 Å². The number of allylic oxidation sites excluding steroid dienone is 2. The van der Waals surface area contributed by atoms with Gasteiger partial charge in [-0.05, 0) is 53.3 Å². The van der Waals surface area contributed by atoms with E-state index in [1.165, 1.54) is 32.4 Å². The first-order chi connectivity index (χ1) is 12.9. The van der Waals surface area contributed by atoms with Crippen molar-refractivity contribution in [1.29, 1.82) is 0 Å². The van der Waals surface area contributed by atoms with Crippen molar-refractivity contribution in [2.75, 3.05) is 5.32 Å². The fraction of sp³-hybridized carbons (Fsp3) is 0. The van der Waals surface area contributed by atoms with Gasteiger partial charge in [-0.3, -0.25) is 0 Å². The maximum absolute atomic E-state index is 3.42. The summed E-state index contributed by atoms with van der Waals surface area (Å²) in [6, 6.07) is 27.1. The first kappa shape index (κ1) is 16.9. The Balaban J connectivity index is 0.000000131. The monoisotopic (exact) mass is 374 g/mol. The average Bonchev–Trinajstić information content (AvgIpc) is 2.74. The van der Waals surface area contributed by atoms with Gasteiger partial charge in [0.05, 0.1) is 17.1 Å². The first-order valence-electron chi connectivity index (χ1n) is 8.37. The minimum Gasteiger partial charge on any atom is -0.354 e. The molecule has 0 unspecified atom stereocenters. The summed E-state index contributed by atoms with van der Waals surface area (Å²) in [6.45, 7) is 0. The third-order valence-electron chi connectivity index (χ3n) is 3.93. The van der Waals surface area contributed by atoms with Crippen molar-refractivity contribution in [3.05, 3.63) is 102 Å². The highest BCUT2D eigenvalue weighted by Gasteiger charge is 2.13. The SMILES string of the molecule is C1=CSNC(c2ccccc2)=C1.c1ccc2c(c1)Nc1ccccc1S2. The van der Waals surface area contributed by atoms with Gasteiger partial charge in [0.25, 0.3) is 0 Å². The van der Waals surface area contributed by atoms with Crippen LogP contribution in [0.15, 0.2) is 106 Å². The predicted molar refractivity (Wildman–Crippen MR) is 115 cm³/mol. The molecule has 0 atom stereocenters. The topological polar surface area (TPSA) is 24.1 Å². The Hall–Kier alpha value is -2.56. The molecule has 0 fully saturated rings. The van der Waals surface area contributed by atoms with Crippen LogP contribution in [-0.4, -0.2) is 0 Å². The number of fused-ring (bicyclic) bond motifs is 2. The fourth-order valence-electron chi connectivity index (χ4n) is 2.66. The van der Waals surface area contributed by atoms with E-state index in [1.807, 2.05) is 41.4 Å². The predicted octanol–water partition coefficient (Wildman–Crippen LogP) is 6.69. The second-order valence-corrected chi connectivity index (χ2v) is 7.51. The smallest absolute Gasteiger partial charge is 0.0526 e. The molecule has 3 aromatic carbocycles. The van der Waals surface area contributed by atoms with Crippen molar-refractivity contribution in [3.63, 3.8) is 0 Å². The van der Waals surface area contributed by atoms with Gasteiger partial charge in [0.2, 0.25) is 0 Å². The highest BCUT2D eigenvalue weighted by molar-refractivity contribution is 8.00. The van der Waals surface area contributed by atoms with E-state index < -0.39 is 0 Å². The molecule has 0 radical (unpaired) electrons. The van der Waals surface area contributed by atoms with Crippen LogP contribution < -0.4 is 10.0 Å². The molecule has 2 heterocycles. The van der Waals surface area contributed by atoms with E-state index in [0.29, 0.717) is 0 Å². The van der Waals surface area contributed by atoms with Gasteiger partial charge in [-0.1, -0.05) is 72.4 Å².